The number of nitrogens with zero attached hydrogens (tertiary/aromatic N) is 2. The first-order chi connectivity index (χ1) is 13.3. The van der Waals surface area contributed by atoms with Gasteiger partial charge in [0.05, 0.1) is 19.3 Å². The molecular weight excluding hydrogens is 487 g/mol. The summed E-state index contributed by atoms with van der Waals surface area (Å²) in [5.74, 6) is 0.797. The van der Waals surface area contributed by atoms with Gasteiger partial charge in [-0.15, -0.1) is 24.0 Å². The molecule has 7 heteroatoms. The maximum absolute atomic E-state index is 6.07. The molecule has 1 heterocycles. The third-order valence-corrected chi connectivity index (χ3v) is 4.98. The van der Waals surface area contributed by atoms with Gasteiger partial charge in [-0.05, 0) is 23.3 Å². The monoisotopic (exact) mass is 514 g/mol. The minimum atomic E-state index is 0. The van der Waals surface area contributed by atoms with E-state index >= 15 is 0 Å². The van der Waals surface area contributed by atoms with E-state index in [1.807, 2.05) is 30.3 Å². The largest absolute Gasteiger partial charge is 0.379 e. The van der Waals surface area contributed by atoms with Crippen LogP contribution in [0.5, 0.6) is 0 Å². The van der Waals surface area contributed by atoms with Crippen LogP contribution >= 0.6 is 35.6 Å². The lowest BCUT2D eigenvalue weighted by Gasteiger charge is -2.35. The van der Waals surface area contributed by atoms with Gasteiger partial charge < -0.3 is 15.4 Å². The van der Waals surface area contributed by atoms with Gasteiger partial charge in [0.1, 0.15) is 0 Å². The number of ether oxygens (including phenoxy) is 1. The van der Waals surface area contributed by atoms with Crippen LogP contribution in [0.15, 0.2) is 59.6 Å². The number of halogens is 2. The van der Waals surface area contributed by atoms with Crippen molar-refractivity contribution in [3.05, 3.63) is 70.7 Å². The van der Waals surface area contributed by atoms with Crippen LogP contribution in [-0.2, 0) is 11.3 Å². The average Bonchev–Trinajstić information content (AvgIpc) is 2.73. The van der Waals surface area contributed by atoms with E-state index in [2.05, 4.69) is 44.8 Å². The van der Waals surface area contributed by atoms with Crippen LogP contribution in [0.2, 0.25) is 5.02 Å². The van der Waals surface area contributed by atoms with Crippen molar-refractivity contribution in [1.29, 1.82) is 0 Å². The lowest BCUT2D eigenvalue weighted by atomic mass is 10.0. The molecule has 0 aromatic heterocycles. The number of hydrogen-bond acceptors (Lipinski definition) is 3. The van der Waals surface area contributed by atoms with E-state index in [0.29, 0.717) is 0 Å². The Bertz CT molecular complexity index is 721. The smallest absolute Gasteiger partial charge is 0.191 e. The fourth-order valence-electron chi connectivity index (χ4n) is 3.23. The summed E-state index contributed by atoms with van der Waals surface area (Å²) in [6.07, 6.45) is 0. The predicted octanol–water partition coefficient (Wildman–Crippen LogP) is 3.70. The second-order valence-corrected chi connectivity index (χ2v) is 6.94. The van der Waals surface area contributed by atoms with Crippen molar-refractivity contribution in [2.45, 2.75) is 12.6 Å². The Kier molecular flexibility index (Phi) is 10.0. The molecule has 0 spiro atoms. The van der Waals surface area contributed by atoms with Crippen LogP contribution in [-0.4, -0.2) is 50.8 Å². The van der Waals surface area contributed by atoms with Gasteiger partial charge in [-0.1, -0.05) is 54.1 Å². The van der Waals surface area contributed by atoms with Gasteiger partial charge in [-0.2, -0.15) is 0 Å². The molecule has 1 aliphatic heterocycles. The van der Waals surface area contributed by atoms with Crippen LogP contribution in [0, 0.1) is 0 Å². The van der Waals surface area contributed by atoms with Gasteiger partial charge in [0.25, 0.3) is 0 Å². The number of rotatable bonds is 6. The van der Waals surface area contributed by atoms with Crippen molar-refractivity contribution in [1.82, 2.24) is 15.5 Å². The molecule has 0 amide bonds. The SMILES string of the molecule is CN=C(NCc1ccccc1)NCC(c1ccc(Cl)cc1)N1CCOCC1.I. The fourth-order valence-corrected chi connectivity index (χ4v) is 3.35. The van der Waals surface area contributed by atoms with Gasteiger partial charge >= 0.3 is 0 Å². The van der Waals surface area contributed by atoms with Crippen LogP contribution in [0.25, 0.3) is 0 Å². The summed E-state index contributed by atoms with van der Waals surface area (Å²) in [6.45, 7) is 4.88. The number of hydrogen-bond donors (Lipinski definition) is 2. The van der Waals surface area contributed by atoms with Crippen molar-refractivity contribution < 1.29 is 4.74 Å². The maximum Gasteiger partial charge on any atom is 0.191 e. The molecule has 0 bridgehead atoms. The summed E-state index contributed by atoms with van der Waals surface area (Å²) in [4.78, 5) is 6.81. The Morgan fingerprint density at radius 2 is 1.75 bits per heavy atom. The molecule has 1 saturated heterocycles. The highest BCUT2D eigenvalue weighted by Crippen LogP contribution is 2.23. The Morgan fingerprint density at radius 3 is 2.39 bits per heavy atom. The zero-order chi connectivity index (χ0) is 18.9. The molecular formula is C21H28ClIN4O. The molecule has 0 saturated carbocycles. The van der Waals surface area contributed by atoms with Gasteiger partial charge in [0, 0.05) is 38.2 Å². The summed E-state index contributed by atoms with van der Waals surface area (Å²) < 4.78 is 5.52. The molecule has 1 atom stereocenters. The minimum Gasteiger partial charge on any atom is -0.379 e. The van der Waals surface area contributed by atoms with Gasteiger partial charge in [-0.25, -0.2) is 0 Å². The predicted molar refractivity (Wildman–Crippen MR) is 127 cm³/mol. The number of nitrogens with one attached hydrogen (secondary N) is 2. The van der Waals surface area contributed by atoms with Crippen molar-refractivity contribution >= 4 is 41.5 Å². The molecule has 2 aromatic rings. The molecule has 152 valence electrons. The second kappa shape index (κ2) is 12.3. The number of benzene rings is 2. The van der Waals surface area contributed by atoms with Gasteiger partial charge in [0.2, 0.25) is 0 Å². The maximum atomic E-state index is 6.07. The Labute approximate surface area is 189 Å². The molecule has 2 N–H and O–H groups in total. The van der Waals surface area contributed by atoms with Gasteiger partial charge in [-0.3, -0.25) is 9.89 Å². The van der Waals surface area contributed by atoms with Crippen molar-refractivity contribution in [3.8, 4) is 0 Å². The zero-order valence-electron chi connectivity index (χ0n) is 16.1. The number of guanidine groups is 1. The van der Waals surface area contributed by atoms with Crippen LogP contribution in [0.3, 0.4) is 0 Å². The first-order valence-corrected chi connectivity index (χ1v) is 9.70. The zero-order valence-corrected chi connectivity index (χ0v) is 19.2. The van der Waals surface area contributed by atoms with E-state index in [1.54, 1.807) is 7.05 Å². The molecule has 0 radical (unpaired) electrons. The first kappa shape index (κ1) is 22.9. The summed E-state index contributed by atoms with van der Waals surface area (Å²) in [6, 6.07) is 18.7. The van der Waals surface area contributed by atoms with Crippen LogP contribution < -0.4 is 10.6 Å². The Hall–Kier alpha value is -1.35. The van der Waals surface area contributed by atoms with Crippen molar-refractivity contribution in [2.24, 2.45) is 4.99 Å². The topological polar surface area (TPSA) is 48.9 Å². The molecule has 1 fully saturated rings. The highest BCUT2D eigenvalue weighted by Gasteiger charge is 2.22. The third-order valence-electron chi connectivity index (χ3n) is 4.73. The molecule has 2 aromatic carbocycles. The minimum absolute atomic E-state index is 0. The molecule has 0 aliphatic carbocycles. The Morgan fingerprint density at radius 1 is 1.07 bits per heavy atom. The van der Waals surface area contributed by atoms with Crippen LogP contribution in [0.1, 0.15) is 17.2 Å². The van der Waals surface area contributed by atoms with E-state index < -0.39 is 0 Å². The highest BCUT2D eigenvalue weighted by molar-refractivity contribution is 14.0. The van der Waals surface area contributed by atoms with E-state index in [-0.39, 0.29) is 30.0 Å². The van der Waals surface area contributed by atoms with E-state index in [1.165, 1.54) is 11.1 Å². The molecule has 1 aliphatic rings. The quantitative estimate of drug-likeness (QED) is 0.351. The Balaban J connectivity index is 0.00000280. The third kappa shape index (κ3) is 6.92. The van der Waals surface area contributed by atoms with E-state index in [4.69, 9.17) is 16.3 Å². The number of morpholine rings is 1. The normalized spacial score (nSPS) is 16.1. The summed E-state index contributed by atoms with van der Waals surface area (Å²) in [7, 11) is 1.80. The first-order valence-electron chi connectivity index (χ1n) is 9.32. The molecule has 1 unspecified atom stereocenters. The fraction of sp³-hybridized carbons (Fsp3) is 0.381. The average molecular weight is 515 g/mol. The molecule has 3 rings (SSSR count). The van der Waals surface area contributed by atoms with Gasteiger partial charge in [0.15, 0.2) is 5.96 Å². The summed E-state index contributed by atoms with van der Waals surface area (Å²) >= 11 is 6.07. The number of aliphatic imine (C=N–C) groups is 1. The summed E-state index contributed by atoms with van der Waals surface area (Å²) in [5, 5.41) is 7.61. The molecule has 28 heavy (non-hydrogen) atoms. The van der Waals surface area contributed by atoms with E-state index in [9.17, 15) is 0 Å². The lowest BCUT2D eigenvalue weighted by molar-refractivity contribution is 0.0170. The lowest BCUT2D eigenvalue weighted by Crippen LogP contribution is -2.46. The van der Waals surface area contributed by atoms with Crippen molar-refractivity contribution in [2.75, 3.05) is 39.9 Å². The standard InChI is InChI=1S/C21H27ClN4O.HI/c1-23-21(24-15-17-5-3-2-4-6-17)25-16-20(26-11-13-27-14-12-26)18-7-9-19(22)10-8-18;/h2-10,20H,11-16H2,1H3,(H2,23,24,25);1H. The molecule has 5 nitrogen and oxygen atoms in total. The highest BCUT2D eigenvalue weighted by atomic mass is 127. The van der Waals surface area contributed by atoms with E-state index in [0.717, 1.165) is 50.4 Å². The van der Waals surface area contributed by atoms with Crippen LogP contribution in [0.4, 0.5) is 0 Å². The second-order valence-electron chi connectivity index (χ2n) is 6.51. The van der Waals surface area contributed by atoms with Crippen molar-refractivity contribution in [3.63, 3.8) is 0 Å². The summed E-state index contributed by atoms with van der Waals surface area (Å²) in [5.41, 5.74) is 2.47.